The van der Waals surface area contributed by atoms with Gasteiger partial charge in [-0.15, -0.1) is 0 Å². The highest BCUT2D eigenvalue weighted by Crippen LogP contribution is 2.44. The van der Waals surface area contributed by atoms with Gasteiger partial charge in [0.25, 0.3) is 0 Å². The van der Waals surface area contributed by atoms with Crippen molar-refractivity contribution in [1.29, 1.82) is 0 Å². The van der Waals surface area contributed by atoms with Gasteiger partial charge in [-0.25, -0.2) is 9.97 Å². The number of phenols is 2. The topological polar surface area (TPSA) is 66.2 Å². The number of nitrogens with zero attached hydrogens (tertiary/aromatic N) is 2. The molecule has 0 saturated heterocycles. The van der Waals surface area contributed by atoms with Crippen LogP contribution in [0.25, 0.3) is 67.0 Å². The molecule has 0 fully saturated rings. The second-order valence-electron chi connectivity index (χ2n) is 11.8. The Morgan fingerprint density at radius 3 is 0.854 bits per heavy atom. The van der Waals surface area contributed by atoms with Crippen LogP contribution in [0.15, 0.2) is 146 Å². The number of phenolic OH excluding ortho intramolecular Hbond substituents is 2. The van der Waals surface area contributed by atoms with Crippen molar-refractivity contribution in [2.45, 2.75) is 26.7 Å². The van der Waals surface area contributed by atoms with Crippen molar-refractivity contribution in [2.75, 3.05) is 0 Å². The summed E-state index contributed by atoms with van der Waals surface area (Å²) in [6, 6.07) is 48.0. The summed E-state index contributed by atoms with van der Waals surface area (Å²) in [6.45, 7) is 4.20. The van der Waals surface area contributed by atoms with Crippen molar-refractivity contribution in [3.05, 3.63) is 157 Å². The molecule has 0 aliphatic rings. The van der Waals surface area contributed by atoms with Crippen LogP contribution < -0.4 is 0 Å². The minimum atomic E-state index is 0.237. The van der Waals surface area contributed by atoms with E-state index in [1.165, 1.54) is 0 Å². The number of aromatic nitrogens is 2. The molecule has 0 amide bonds. The third kappa shape index (κ3) is 5.85. The van der Waals surface area contributed by atoms with Crippen LogP contribution >= 0.6 is 0 Å². The molecular weight excluding hydrogens is 588 g/mol. The molecule has 1 aromatic heterocycles. The largest absolute Gasteiger partial charge is 0.507 e. The maximum atomic E-state index is 11.6. The van der Waals surface area contributed by atoms with Gasteiger partial charge in [-0.05, 0) is 59.4 Å². The number of hydrogen-bond donors (Lipinski definition) is 2. The highest BCUT2D eigenvalue weighted by molar-refractivity contribution is 5.89. The molecule has 234 valence electrons. The van der Waals surface area contributed by atoms with Gasteiger partial charge in [0.2, 0.25) is 0 Å². The van der Waals surface area contributed by atoms with E-state index < -0.39 is 0 Å². The summed E-state index contributed by atoms with van der Waals surface area (Å²) in [4.78, 5) is 10.7. The van der Waals surface area contributed by atoms with E-state index in [1.54, 1.807) is 0 Å². The summed E-state index contributed by atoms with van der Waals surface area (Å²) < 4.78 is 0. The van der Waals surface area contributed by atoms with E-state index in [2.05, 4.69) is 13.8 Å². The summed E-state index contributed by atoms with van der Waals surface area (Å²) in [7, 11) is 0. The minimum absolute atomic E-state index is 0.237. The summed E-state index contributed by atoms with van der Waals surface area (Å²) >= 11 is 0. The zero-order valence-electron chi connectivity index (χ0n) is 27.1. The van der Waals surface area contributed by atoms with Crippen LogP contribution in [0.2, 0.25) is 0 Å². The minimum Gasteiger partial charge on any atom is -0.507 e. The monoisotopic (exact) mass is 624 g/mol. The van der Waals surface area contributed by atoms with Crippen molar-refractivity contribution >= 4 is 0 Å². The average molecular weight is 625 g/mol. The molecule has 7 aromatic rings. The van der Waals surface area contributed by atoms with E-state index in [1.807, 2.05) is 146 Å². The first-order valence-corrected chi connectivity index (χ1v) is 16.4. The van der Waals surface area contributed by atoms with Crippen LogP contribution in [-0.2, 0) is 12.8 Å². The molecule has 0 spiro atoms. The molecule has 0 radical (unpaired) electrons. The fraction of sp³-hybridized carbons (Fsp3) is 0.0909. The molecule has 48 heavy (non-hydrogen) atoms. The molecule has 2 N–H and O–H groups in total. The first-order chi connectivity index (χ1) is 23.6. The van der Waals surface area contributed by atoms with Gasteiger partial charge in [0, 0.05) is 33.4 Å². The molecule has 0 saturated carbocycles. The second-order valence-corrected chi connectivity index (χ2v) is 11.8. The second kappa shape index (κ2) is 13.4. The van der Waals surface area contributed by atoms with E-state index >= 15 is 0 Å². The van der Waals surface area contributed by atoms with Gasteiger partial charge in [-0.3, -0.25) is 0 Å². The Kier molecular flexibility index (Phi) is 8.55. The molecule has 0 bridgehead atoms. The Morgan fingerprint density at radius 2 is 0.625 bits per heavy atom. The standard InChI is InChI=1S/C44H36N2O2/c1-3-39-41(33-25-35(29-17-9-5-10-18-29)43(47)36(26-33)30-19-11-6-12-20-30)46-40(4-2)42(45-39)34-27-37(31-21-13-7-14-22-31)44(48)38(28-34)32-23-15-8-16-24-32/h5-28,47-48H,3-4H2,1-2H3. The maximum absolute atomic E-state index is 11.6. The molecule has 0 aliphatic heterocycles. The summed E-state index contributed by atoms with van der Waals surface area (Å²) in [5.74, 6) is 0.473. The Hall–Kier alpha value is -6.00. The van der Waals surface area contributed by atoms with Gasteiger partial charge in [-0.2, -0.15) is 0 Å². The third-order valence-corrected chi connectivity index (χ3v) is 8.82. The Balaban J connectivity index is 1.45. The SMILES string of the molecule is CCc1nc(-c2cc(-c3ccccc3)c(O)c(-c3ccccc3)c2)c(CC)nc1-c1cc(-c2ccccc2)c(O)c(-c2ccccc2)c1. The molecule has 0 atom stereocenters. The zero-order valence-corrected chi connectivity index (χ0v) is 27.1. The molecule has 6 aromatic carbocycles. The number of aryl methyl sites for hydroxylation is 2. The lowest BCUT2D eigenvalue weighted by Crippen LogP contribution is -2.05. The lowest BCUT2D eigenvalue weighted by molar-refractivity contribution is 0.479. The van der Waals surface area contributed by atoms with Crippen LogP contribution in [0, 0.1) is 0 Å². The van der Waals surface area contributed by atoms with E-state index in [9.17, 15) is 10.2 Å². The summed E-state index contributed by atoms with van der Waals surface area (Å²) in [6.07, 6.45) is 1.33. The van der Waals surface area contributed by atoms with Crippen molar-refractivity contribution in [3.63, 3.8) is 0 Å². The third-order valence-electron chi connectivity index (χ3n) is 8.82. The average Bonchev–Trinajstić information content (AvgIpc) is 3.16. The zero-order chi connectivity index (χ0) is 33.0. The van der Waals surface area contributed by atoms with Crippen molar-refractivity contribution < 1.29 is 10.2 Å². The van der Waals surface area contributed by atoms with Crippen LogP contribution in [0.4, 0.5) is 0 Å². The summed E-state index contributed by atoms with van der Waals surface area (Å²) in [5.41, 5.74) is 11.8. The fourth-order valence-corrected chi connectivity index (χ4v) is 6.35. The molecule has 7 rings (SSSR count). The van der Waals surface area contributed by atoms with E-state index in [-0.39, 0.29) is 11.5 Å². The van der Waals surface area contributed by atoms with E-state index in [0.717, 1.165) is 78.4 Å². The number of hydrogen-bond acceptors (Lipinski definition) is 4. The number of benzene rings is 6. The first-order valence-electron chi connectivity index (χ1n) is 16.4. The Morgan fingerprint density at radius 1 is 0.375 bits per heavy atom. The van der Waals surface area contributed by atoms with Crippen LogP contribution in [-0.4, -0.2) is 20.2 Å². The van der Waals surface area contributed by atoms with Crippen molar-refractivity contribution in [3.8, 4) is 78.5 Å². The predicted octanol–water partition coefficient (Wildman–Crippen LogP) is 11.0. The Labute approximate surface area is 281 Å². The van der Waals surface area contributed by atoms with Crippen LogP contribution in [0.1, 0.15) is 25.2 Å². The van der Waals surface area contributed by atoms with Crippen molar-refractivity contribution in [2.24, 2.45) is 0 Å². The van der Waals surface area contributed by atoms with Gasteiger partial charge in [0.05, 0.1) is 22.8 Å². The maximum Gasteiger partial charge on any atom is 0.131 e. The quantitative estimate of drug-likeness (QED) is 0.177. The summed E-state index contributed by atoms with van der Waals surface area (Å²) in [5, 5.41) is 23.2. The molecule has 0 aliphatic carbocycles. The van der Waals surface area contributed by atoms with Gasteiger partial charge in [0.1, 0.15) is 11.5 Å². The van der Waals surface area contributed by atoms with E-state index in [0.29, 0.717) is 12.8 Å². The fourth-order valence-electron chi connectivity index (χ4n) is 6.35. The molecular formula is C44H36N2O2. The normalized spacial score (nSPS) is 11.0. The highest BCUT2D eigenvalue weighted by Gasteiger charge is 2.22. The predicted molar refractivity (Wildman–Crippen MR) is 197 cm³/mol. The molecule has 1 heterocycles. The first kappa shape index (κ1) is 30.6. The molecule has 0 unspecified atom stereocenters. The van der Waals surface area contributed by atoms with Gasteiger partial charge >= 0.3 is 0 Å². The van der Waals surface area contributed by atoms with Gasteiger partial charge in [-0.1, -0.05) is 135 Å². The smallest absolute Gasteiger partial charge is 0.131 e. The van der Waals surface area contributed by atoms with Crippen LogP contribution in [0.5, 0.6) is 11.5 Å². The van der Waals surface area contributed by atoms with E-state index in [4.69, 9.17) is 9.97 Å². The highest BCUT2D eigenvalue weighted by atomic mass is 16.3. The number of rotatable bonds is 8. The lowest BCUT2D eigenvalue weighted by atomic mass is 9.91. The molecule has 4 nitrogen and oxygen atoms in total. The molecule has 4 heteroatoms. The van der Waals surface area contributed by atoms with Crippen LogP contribution in [0.3, 0.4) is 0 Å². The Bertz CT molecular complexity index is 1920. The number of aromatic hydroxyl groups is 2. The van der Waals surface area contributed by atoms with Gasteiger partial charge < -0.3 is 10.2 Å². The lowest BCUT2D eigenvalue weighted by Gasteiger charge is -2.19. The van der Waals surface area contributed by atoms with Gasteiger partial charge in [0.15, 0.2) is 0 Å². The van der Waals surface area contributed by atoms with Crippen molar-refractivity contribution in [1.82, 2.24) is 9.97 Å².